The predicted octanol–water partition coefficient (Wildman–Crippen LogP) is 2.07. The second-order valence-corrected chi connectivity index (χ2v) is 9.33. The number of ether oxygens (including phenoxy) is 2. The molecule has 2 aliphatic rings. The monoisotopic (exact) mass is 445 g/mol. The van der Waals surface area contributed by atoms with Gasteiger partial charge in [0.05, 0.1) is 17.7 Å². The maximum atomic E-state index is 13.0. The molecule has 0 unspecified atom stereocenters. The molecule has 0 spiro atoms. The lowest BCUT2D eigenvalue weighted by molar-refractivity contribution is -0.121. The zero-order valence-electron chi connectivity index (χ0n) is 17.0. The van der Waals surface area contributed by atoms with Gasteiger partial charge >= 0.3 is 0 Å². The molecule has 2 N–H and O–H groups in total. The molecule has 2 aromatic carbocycles. The summed E-state index contributed by atoms with van der Waals surface area (Å²) in [7, 11) is -2.18. The summed E-state index contributed by atoms with van der Waals surface area (Å²) in [6.45, 7) is 0.386. The van der Waals surface area contributed by atoms with Gasteiger partial charge in [-0.05, 0) is 55.3 Å². The molecule has 1 saturated heterocycles. The van der Waals surface area contributed by atoms with Crippen molar-refractivity contribution in [2.45, 2.75) is 17.7 Å². The van der Waals surface area contributed by atoms with Crippen molar-refractivity contribution in [3.63, 3.8) is 0 Å². The number of nitrogens with one attached hydrogen (secondary N) is 2. The summed E-state index contributed by atoms with van der Waals surface area (Å²) >= 11 is 0. The molecular formula is C21H23N3O6S. The van der Waals surface area contributed by atoms with E-state index in [1.807, 2.05) is 0 Å². The summed E-state index contributed by atoms with van der Waals surface area (Å²) in [5.41, 5.74) is 1.00. The molecule has 4 rings (SSSR count). The van der Waals surface area contributed by atoms with Gasteiger partial charge < -0.3 is 20.1 Å². The molecular weight excluding hydrogens is 422 g/mol. The summed E-state index contributed by atoms with van der Waals surface area (Å²) < 4.78 is 37.8. The van der Waals surface area contributed by atoms with Crippen LogP contribution < -0.4 is 20.1 Å². The average Bonchev–Trinajstić information content (AvgIpc) is 2.79. The van der Waals surface area contributed by atoms with Crippen LogP contribution in [0.3, 0.4) is 0 Å². The number of anilines is 2. The van der Waals surface area contributed by atoms with Crippen LogP contribution in [0.4, 0.5) is 11.4 Å². The number of carbonyl (C=O) groups is 2. The molecule has 0 aromatic heterocycles. The summed E-state index contributed by atoms with van der Waals surface area (Å²) in [6, 6.07) is 11.5. The number of rotatable bonds is 5. The first kappa shape index (κ1) is 21.1. The fourth-order valence-electron chi connectivity index (χ4n) is 3.65. The van der Waals surface area contributed by atoms with Crippen LogP contribution in [-0.4, -0.2) is 51.3 Å². The molecule has 10 heteroatoms. The maximum absolute atomic E-state index is 13.0. The smallest absolute Gasteiger partial charge is 0.262 e. The number of sulfonamides is 1. The highest BCUT2D eigenvalue weighted by Crippen LogP contribution is 2.32. The van der Waals surface area contributed by atoms with Gasteiger partial charge in [-0.3, -0.25) is 9.59 Å². The average molecular weight is 445 g/mol. The Morgan fingerprint density at radius 2 is 1.87 bits per heavy atom. The van der Waals surface area contributed by atoms with Crippen molar-refractivity contribution in [1.82, 2.24) is 4.31 Å². The topological polar surface area (TPSA) is 114 Å². The van der Waals surface area contributed by atoms with Gasteiger partial charge in [0.25, 0.3) is 5.91 Å². The van der Waals surface area contributed by atoms with Crippen molar-refractivity contribution in [2.75, 3.05) is 37.4 Å². The number of nitrogens with zero attached hydrogens (tertiary/aromatic N) is 1. The van der Waals surface area contributed by atoms with E-state index in [1.54, 1.807) is 31.4 Å². The minimum Gasteiger partial charge on any atom is -0.497 e. The third-order valence-corrected chi connectivity index (χ3v) is 7.30. The fourth-order valence-corrected chi connectivity index (χ4v) is 5.15. The van der Waals surface area contributed by atoms with Crippen LogP contribution in [0.5, 0.6) is 11.5 Å². The Hall–Kier alpha value is -3.11. The van der Waals surface area contributed by atoms with Gasteiger partial charge in [-0.25, -0.2) is 8.42 Å². The number of hydrogen-bond donors (Lipinski definition) is 2. The first-order valence-electron chi connectivity index (χ1n) is 9.88. The number of fused-ring (bicyclic) bond motifs is 1. The van der Waals surface area contributed by atoms with Gasteiger partial charge in [0.1, 0.15) is 11.5 Å². The Labute approximate surface area is 180 Å². The van der Waals surface area contributed by atoms with Crippen molar-refractivity contribution < 1.29 is 27.5 Å². The Kier molecular flexibility index (Phi) is 5.84. The van der Waals surface area contributed by atoms with E-state index in [0.29, 0.717) is 35.7 Å². The van der Waals surface area contributed by atoms with Crippen molar-refractivity contribution >= 4 is 33.2 Å². The molecule has 0 atom stereocenters. The molecule has 0 saturated carbocycles. The molecule has 2 heterocycles. The lowest BCUT2D eigenvalue weighted by atomic mass is 9.97. The third-order valence-electron chi connectivity index (χ3n) is 5.40. The minimum atomic E-state index is -3.75. The van der Waals surface area contributed by atoms with E-state index in [0.717, 1.165) is 0 Å². The zero-order chi connectivity index (χ0) is 22.0. The molecule has 2 amide bonds. The first-order chi connectivity index (χ1) is 14.9. The SMILES string of the molecule is COc1ccc(NC(=O)C2CCN(S(=O)(=O)c3ccc4c(c3)NC(=O)CO4)CC2)cc1. The van der Waals surface area contributed by atoms with Gasteiger partial charge in [-0.2, -0.15) is 4.31 Å². The lowest BCUT2D eigenvalue weighted by Crippen LogP contribution is -2.41. The Bertz CT molecular complexity index is 1090. The number of carbonyl (C=O) groups excluding carboxylic acids is 2. The minimum absolute atomic E-state index is 0.0817. The first-order valence-corrected chi connectivity index (χ1v) is 11.3. The van der Waals surface area contributed by atoms with E-state index in [1.165, 1.54) is 22.5 Å². The molecule has 31 heavy (non-hydrogen) atoms. The molecule has 1 fully saturated rings. The second kappa shape index (κ2) is 8.56. The fraction of sp³-hybridized carbons (Fsp3) is 0.333. The van der Waals surface area contributed by atoms with E-state index >= 15 is 0 Å². The van der Waals surface area contributed by atoms with Crippen LogP contribution in [-0.2, 0) is 19.6 Å². The second-order valence-electron chi connectivity index (χ2n) is 7.39. The highest BCUT2D eigenvalue weighted by atomic mass is 32.2. The quantitative estimate of drug-likeness (QED) is 0.728. The van der Waals surface area contributed by atoms with Crippen LogP contribution in [0.25, 0.3) is 0 Å². The standard InChI is InChI=1S/C21H23N3O6S/c1-29-16-4-2-15(3-5-16)22-21(26)14-8-10-24(11-9-14)31(27,28)17-6-7-19-18(12-17)23-20(25)13-30-19/h2-7,12,14H,8-11,13H2,1H3,(H,22,26)(H,23,25). The Morgan fingerprint density at radius 1 is 1.16 bits per heavy atom. The van der Waals surface area contributed by atoms with Crippen molar-refractivity contribution in [2.24, 2.45) is 5.92 Å². The Balaban J connectivity index is 1.39. The van der Waals surface area contributed by atoms with Gasteiger partial charge in [0.2, 0.25) is 15.9 Å². The molecule has 2 aromatic rings. The predicted molar refractivity (Wildman–Crippen MR) is 114 cm³/mol. The largest absolute Gasteiger partial charge is 0.497 e. The van der Waals surface area contributed by atoms with Crippen LogP contribution in [0.1, 0.15) is 12.8 Å². The Morgan fingerprint density at radius 3 is 2.55 bits per heavy atom. The number of amides is 2. The molecule has 0 radical (unpaired) electrons. The van der Waals surface area contributed by atoms with E-state index in [4.69, 9.17) is 9.47 Å². The van der Waals surface area contributed by atoms with E-state index in [2.05, 4.69) is 10.6 Å². The van der Waals surface area contributed by atoms with E-state index in [9.17, 15) is 18.0 Å². The maximum Gasteiger partial charge on any atom is 0.262 e. The lowest BCUT2D eigenvalue weighted by Gasteiger charge is -2.31. The molecule has 0 bridgehead atoms. The highest BCUT2D eigenvalue weighted by molar-refractivity contribution is 7.89. The van der Waals surface area contributed by atoms with Gasteiger partial charge in [0, 0.05) is 24.7 Å². The molecule has 9 nitrogen and oxygen atoms in total. The normalized spacial score (nSPS) is 17.3. The number of piperidine rings is 1. The molecule has 0 aliphatic carbocycles. The summed E-state index contributed by atoms with van der Waals surface area (Å²) in [4.78, 5) is 24.2. The summed E-state index contributed by atoms with van der Waals surface area (Å²) in [5.74, 6) is 0.406. The number of benzene rings is 2. The molecule has 2 aliphatic heterocycles. The van der Waals surface area contributed by atoms with Crippen LogP contribution >= 0.6 is 0 Å². The van der Waals surface area contributed by atoms with Gasteiger partial charge in [-0.1, -0.05) is 0 Å². The van der Waals surface area contributed by atoms with Crippen LogP contribution in [0.2, 0.25) is 0 Å². The summed E-state index contributed by atoms with van der Waals surface area (Å²) in [6.07, 6.45) is 0.845. The van der Waals surface area contributed by atoms with E-state index < -0.39 is 10.0 Å². The zero-order valence-corrected chi connectivity index (χ0v) is 17.8. The van der Waals surface area contributed by atoms with Crippen molar-refractivity contribution in [1.29, 1.82) is 0 Å². The number of hydrogen-bond acceptors (Lipinski definition) is 6. The van der Waals surface area contributed by atoms with Gasteiger partial charge in [-0.15, -0.1) is 0 Å². The number of methoxy groups -OCH3 is 1. The van der Waals surface area contributed by atoms with Crippen molar-refractivity contribution in [3.8, 4) is 11.5 Å². The van der Waals surface area contributed by atoms with E-state index in [-0.39, 0.29) is 42.3 Å². The molecule has 164 valence electrons. The van der Waals surface area contributed by atoms with Crippen LogP contribution in [0.15, 0.2) is 47.4 Å². The summed E-state index contributed by atoms with van der Waals surface area (Å²) in [5, 5.41) is 5.49. The van der Waals surface area contributed by atoms with Gasteiger partial charge in [0.15, 0.2) is 6.61 Å². The third kappa shape index (κ3) is 4.49. The highest BCUT2D eigenvalue weighted by Gasteiger charge is 2.33. The van der Waals surface area contributed by atoms with Crippen molar-refractivity contribution in [3.05, 3.63) is 42.5 Å². The van der Waals surface area contributed by atoms with Crippen LogP contribution in [0, 0.1) is 5.92 Å².